The SMILES string of the molecule is Cc1cc(C)c(NC(=O)CN(C)C(=O)c2cnn3c(-c4cccs4)ccnc23)c(C)c1. The van der Waals surface area contributed by atoms with Crippen molar-refractivity contribution in [2.75, 3.05) is 18.9 Å². The lowest BCUT2D eigenvalue weighted by Gasteiger charge is -2.18. The van der Waals surface area contributed by atoms with Gasteiger partial charge in [-0.1, -0.05) is 23.8 Å². The number of rotatable bonds is 5. The zero-order valence-corrected chi connectivity index (χ0v) is 18.7. The van der Waals surface area contributed by atoms with Gasteiger partial charge < -0.3 is 10.2 Å². The molecule has 8 heteroatoms. The Kier molecular flexibility index (Phi) is 5.56. The average Bonchev–Trinajstić information content (AvgIpc) is 3.39. The highest BCUT2D eigenvalue weighted by Crippen LogP contribution is 2.26. The molecule has 0 aliphatic rings. The smallest absolute Gasteiger partial charge is 0.259 e. The first-order valence-electron chi connectivity index (χ1n) is 9.85. The van der Waals surface area contributed by atoms with Crippen molar-refractivity contribution in [3.05, 3.63) is 70.4 Å². The van der Waals surface area contributed by atoms with Gasteiger partial charge in [0.2, 0.25) is 5.91 Å². The topological polar surface area (TPSA) is 79.6 Å². The second kappa shape index (κ2) is 8.31. The average molecular weight is 434 g/mol. The van der Waals surface area contributed by atoms with Gasteiger partial charge in [-0.2, -0.15) is 5.10 Å². The van der Waals surface area contributed by atoms with Crippen LogP contribution < -0.4 is 5.32 Å². The molecule has 1 aromatic carbocycles. The van der Waals surface area contributed by atoms with Gasteiger partial charge in [-0.15, -0.1) is 11.3 Å². The van der Waals surface area contributed by atoms with E-state index in [9.17, 15) is 9.59 Å². The van der Waals surface area contributed by atoms with Crippen LogP contribution in [0.2, 0.25) is 0 Å². The third-order valence-corrected chi connectivity index (χ3v) is 5.97. The van der Waals surface area contributed by atoms with Crippen molar-refractivity contribution in [3.8, 4) is 10.6 Å². The Labute approximate surface area is 184 Å². The summed E-state index contributed by atoms with van der Waals surface area (Å²) in [6.07, 6.45) is 3.17. The molecule has 31 heavy (non-hydrogen) atoms. The molecule has 0 saturated heterocycles. The molecule has 4 aromatic rings. The maximum atomic E-state index is 13.0. The predicted molar refractivity (Wildman–Crippen MR) is 123 cm³/mol. The second-order valence-corrected chi connectivity index (χ2v) is 8.53. The molecule has 0 unspecified atom stereocenters. The van der Waals surface area contributed by atoms with E-state index in [0.29, 0.717) is 11.2 Å². The van der Waals surface area contributed by atoms with Gasteiger partial charge in [-0.25, -0.2) is 9.50 Å². The van der Waals surface area contributed by atoms with E-state index in [-0.39, 0.29) is 18.4 Å². The normalized spacial score (nSPS) is 11.0. The molecule has 2 amide bonds. The van der Waals surface area contributed by atoms with Crippen LogP contribution in [0.3, 0.4) is 0 Å². The van der Waals surface area contributed by atoms with Gasteiger partial charge in [0.05, 0.1) is 23.3 Å². The summed E-state index contributed by atoms with van der Waals surface area (Å²) in [7, 11) is 1.60. The number of carbonyl (C=O) groups excluding carboxylic acids is 2. The van der Waals surface area contributed by atoms with Crippen LogP contribution in [0.4, 0.5) is 5.69 Å². The summed E-state index contributed by atoms with van der Waals surface area (Å²) in [4.78, 5) is 32.4. The molecule has 0 bridgehead atoms. The van der Waals surface area contributed by atoms with Crippen LogP contribution in [0.25, 0.3) is 16.2 Å². The third-order valence-electron chi connectivity index (χ3n) is 5.07. The summed E-state index contributed by atoms with van der Waals surface area (Å²) in [5.41, 5.74) is 5.60. The molecule has 1 N–H and O–H groups in total. The number of hydrogen-bond acceptors (Lipinski definition) is 5. The molecular formula is C23H23N5O2S. The fourth-order valence-electron chi connectivity index (χ4n) is 3.70. The third kappa shape index (κ3) is 4.06. The summed E-state index contributed by atoms with van der Waals surface area (Å²) in [5, 5.41) is 9.29. The molecule has 0 atom stereocenters. The number of nitrogens with one attached hydrogen (secondary N) is 1. The highest BCUT2D eigenvalue weighted by atomic mass is 32.1. The number of thiophene rings is 1. The number of anilines is 1. The van der Waals surface area contributed by atoms with Crippen molar-refractivity contribution in [2.45, 2.75) is 20.8 Å². The molecule has 4 rings (SSSR count). The molecule has 0 aliphatic carbocycles. The number of hydrogen-bond donors (Lipinski definition) is 1. The maximum Gasteiger partial charge on any atom is 0.259 e. The number of aryl methyl sites for hydroxylation is 3. The zero-order chi connectivity index (χ0) is 22.1. The Morgan fingerprint density at radius 3 is 2.58 bits per heavy atom. The van der Waals surface area contributed by atoms with Crippen molar-refractivity contribution in [2.24, 2.45) is 0 Å². The molecule has 0 radical (unpaired) electrons. The first-order valence-corrected chi connectivity index (χ1v) is 10.7. The summed E-state index contributed by atoms with van der Waals surface area (Å²) < 4.78 is 1.66. The van der Waals surface area contributed by atoms with Crippen molar-refractivity contribution in [1.29, 1.82) is 0 Å². The fourth-order valence-corrected chi connectivity index (χ4v) is 4.44. The summed E-state index contributed by atoms with van der Waals surface area (Å²) >= 11 is 1.59. The molecule has 7 nitrogen and oxygen atoms in total. The number of benzene rings is 1. The lowest BCUT2D eigenvalue weighted by Crippen LogP contribution is -2.35. The van der Waals surface area contributed by atoms with Crippen LogP contribution in [0.5, 0.6) is 0 Å². The van der Waals surface area contributed by atoms with E-state index in [0.717, 1.165) is 32.9 Å². The van der Waals surface area contributed by atoms with Crippen molar-refractivity contribution in [3.63, 3.8) is 0 Å². The van der Waals surface area contributed by atoms with Crippen LogP contribution >= 0.6 is 11.3 Å². The van der Waals surface area contributed by atoms with Crippen molar-refractivity contribution < 1.29 is 9.59 Å². The molecule has 0 aliphatic heterocycles. The quantitative estimate of drug-likeness (QED) is 0.514. The zero-order valence-electron chi connectivity index (χ0n) is 17.8. The first kappa shape index (κ1) is 20.7. The molecule has 0 fully saturated rings. The van der Waals surface area contributed by atoms with Crippen LogP contribution in [0.1, 0.15) is 27.0 Å². The second-order valence-electron chi connectivity index (χ2n) is 7.58. The molecule has 158 valence electrons. The monoisotopic (exact) mass is 433 g/mol. The van der Waals surface area contributed by atoms with Gasteiger partial charge in [0.25, 0.3) is 5.91 Å². The Hall–Kier alpha value is -3.52. The van der Waals surface area contributed by atoms with Gasteiger partial charge in [0, 0.05) is 18.9 Å². The predicted octanol–water partition coefficient (Wildman–Crippen LogP) is 4.09. The van der Waals surface area contributed by atoms with E-state index >= 15 is 0 Å². The van der Waals surface area contributed by atoms with Crippen LogP contribution in [0, 0.1) is 20.8 Å². The summed E-state index contributed by atoms with van der Waals surface area (Å²) in [6.45, 7) is 5.86. The van der Waals surface area contributed by atoms with Gasteiger partial charge in [0.15, 0.2) is 5.65 Å². The molecular weight excluding hydrogens is 410 g/mol. The summed E-state index contributed by atoms with van der Waals surface area (Å²) in [5.74, 6) is -0.562. The number of carbonyl (C=O) groups is 2. The van der Waals surface area contributed by atoms with Crippen molar-refractivity contribution in [1.82, 2.24) is 19.5 Å². The minimum atomic E-state index is -0.307. The Morgan fingerprint density at radius 2 is 1.90 bits per heavy atom. The molecule has 3 aromatic heterocycles. The number of amides is 2. The van der Waals surface area contributed by atoms with E-state index < -0.39 is 0 Å². The highest BCUT2D eigenvalue weighted by Gasteiger charge is 2.21. The minimum Gasteiger partial charge on any atom is -0.332 e. The lowest BCUT2D eigenvalue weighted by molar-refractivity contribution is -0.116. The highest BCUT2D eigenvalue weighted by molar-refractivity contribution is 7.13. The molecule has 3 heterocycles. The maximum absolute atomic E-state index is 13.0. The van der Waals surface area contributed by atoms with E-state index in [4.69, 9.17) is 0 Å². The van der Waals surface area contributed by atoms with Gasteiger partial charge in [-0.3, -0.25) is 9.59 Å². The summed E-state index contributed by atoms with van der Waals surface area (Å²) in [6, 6.07) is 9.87. The van der Waals surface area contributed by atoms with E-state index in [2.05, 4.69) is 15.4 Å². The van der Waals surface area contributed by atoms with E-state index in [1.807, 2.05) is 56.5 Å². The van der Waals surface area contributed by atoms with Crippen molar-refractivity contribution >= 4 is 34.5 Å². The Morgan fingerprint density at radius 1 is 1.16 bits per heavy atom. The first-order chi connectivity index (χ1) is 14.8. The Bertz CT molecular complexity index is 1250. The number of fused-ring (bicyclic) bond motifs is 1. The lowest BCUT2D eigenvalue weighted by atomic mass is 10.1. The molecule has 0 spiro atoms. The largest absolute Gasteiger partial charge is 0.332 e. The van der Waals surface area contributed by atoms with Crippen LogP contribution in [0.15, 0.2) is 48.1 Å². The van der Waals surface area contributed by atoms with E-state index in [1.54, 1.807) is 29.1 Å². The molecule has 0 saturated carbocycles. The van der Waals surface area contributed by atoms with Gasteiger partial charge in [-0.05, 0) is 49.4 Å². The van der Waals surface area contributed by atoms with Crippen LogP contribution in [-0.2, 0) is 4.79 Å². The number of likely N-dealkylation sites (N-methyl/N-ethyl adjacent to an activating group) is 1. The Balaban J connectivity index is 1.53. The number of aromatic nitrogens is 3. The van der Waals surface area contributed by atoms with E-state index in [1.165, 1.54) is 11.1 Å². The minimum absolute atomic E-state index is 0.0758. The van der Waals surface area contributed by atoms with Crippen LogP contribution in [-0.4, -0.2) is 44.9 Å². The fraction of sp³-hybridized carbons (Fsp3) is 0.217. The van der Waals surface area contributed by atoms with Gasteiger partial charge >= 0.3 is 0 Å². The standard InChI is InChI=1S/C23H23N5O2S/c1-14-10-15(2)21(16(3)11-14)26-20(29)13-27(4)23(30)17-12-25-28-18(7-8-24-22(17)28)19-6-5-9-31-19/h5-12H,13H2,1-4H3,(H,26,29). The number of nitrogens with zero attached hydrogens (tertiary/aromatic N) is 4. The van der Waals surface area contributed by atoms with Gasteiger partial charge in [0.1, 0.15) is 5.56 Å².